The van der Waals surface area contributed by atoms with E-state index >= 15 is 0 Å². The number of amides is 1. The zero-order valence-corrected chi connectivity index (χ0v) is 15.8. The number of carbonyl (C=O) groups excluding carboxylic acids is 1. The number of aromatic amines is 1. The number of benzene rings is 1. The van der Waals surface area contributed by atoms with Crippen LogP contribution in [-0.4, -0.2) is 55.8 Å². The van der Waals surface area contributed by atoms with Gasteiger partial charge in [0, 0.05) is 37.9 Å². The molecule has 0 spiro atoms. The summed E-state index contributed by atoms with van der Waals surface area (Å²) >= 11 is 0. The molecule has 1 aliphatic heterocycles. The van der Waals surface area contributed by atoms with Gasteiger partial charge in [0.1, 0.15) is 16.9 Å². The fourth-order valence-corrected chi connectivity index (χ4v) is 3.25. The highest BCUT2D eigenvalue weighted by atomic mass is 19.4. The van der Waals surface area contributed by atoms with Crippen molar-refractivity contribution >= 4 is 34.4 Å². The normalized spacial score (nSPS) is 14.5. The second-order valence-electron chi connectivity index (χ2n) is 6.89. The predicted molar refractivity (Wildman–Crippen MR) is 103 cm³/mol. The molecule has 0 aliphatic carbocycles. The molecule has 0 unspecified atom stereocenters. The molecule has 12 heteroatoms. The van der Waals surface area contributed by atoms with Crippen molar-refractivity contribution in [2.24, 2.45) is 0 Å². The Hall–Kier alpha value is -3.44. The third-order valence-corrected chi connectivity index (χ3v) is 4.74. The van der Waals surface area contributed by atoms with E-state index in [2.05, 4.69) is 36.0 Å². The van der Waals surface area contributed by atoms with Crippen LogP contribution in [0.1, 0.15) is 24.8 Å². The molecule has 0 bridgehead atoms. The first-order valence-corrected chi connectivity index (χ1v) is 9.44. The maximum atomic E-state index is 13.3. The third-order valence-electron chi connectivity index (χ3n) is 4.74. The molecular formula is C18H19F3N8O. The number of carbonyl (C=O) groups is 1. The highest BCUT2D eigenvalue weighted by molar-refractivity contribution is 5.79. The summed E-state index contributed by atoms with van der Waals surface area (Å²) in [6.45, 7) is 1.44. The van der Waals surface area contributed by atoms with Gasteiger partial charge < -0.3 is 15.5 Å². The number of nitrogens with one attached hydrogen (secondary N) is 3. The number of H-pyrrole nitrogens is 1. The molecule has 1 aromatic carbocycles. The lowest BCUT2D eigenvalue weighted by Crippen LogP contribution is -2.27. The molecule has 3 heterocycles. The van der Waals surface area contributed by atoms with Crippen LogP contribution in [0, 0.1) is 0 Å². The minimum atomic E-state index is -4.59. The maximum absolute atomic E-state index is 13.3. The SMILES string of the molecule is O=C1CCCN1CCCNc1nc(Nc2ccc3[nH]nnc3c2)ncc1C(F)(F)F. The monoisotopic (exact) mass is 420 g/mol. The number of nitrogens with zero attached hydrogens (tertiary/aromatic N) is 5. The van der Waals surface area contributed by atoms with Gasteiger partial charge in [0.25, 0.3) is 0 Å². The summed E-state index contributed by atoms with van der Waals surface area (Å²) in [4.78, 5) is 21.1. The molecule has 0 atom stereocenters. The Morgan fingerprint density at radius 3 is 2.90 bits per heavy atom. The number of fused-ring (bicyclic) bond motifs is 1. The van der Waals surface area contributed by atoms with Crippen LogP contribution < -0.4 is 10.6 Å². The van der Waals surface area contributed by atoms with E-state index < -0.39 is 11.7 Å². The van der Waals surface area contributed by atoms with E-state index in [4.69, 9.17) is 0 Å². The highest BCUT2D eigenvalue weighted by Crippen LogP contribution is 2.34. The van der Waals surface area contributed by atoms with Gasteiger partial charge >= 0.3 is 6.18 Å². The Kier molecular flexibility index (Phi) is 5.38. The van der Waals surface area contributed by atoms with Crippen molar-refractivity contribution < 1.29 is 18.0 Å². The lowest BCUT2D eigenvalue weighted by atomic mass is 10.2. The van der Waals surface area contributed by atoms with Crippen molar-refractivity contribution in [1.82, 2.24) is 30.3 Å². The van der Waals surface area contributed by atoms with Gasteiger partial charge in [-0.1, -0.05) is 5.21 Å². The summed E-state index contributed by atoms with van der Waals surface area (Å²) in [5, 5.41) is 15.9. The van der Waals surface area contributed by atoms with E-state index in [0.29, 0.717) is 37.1 Å². The van der Waals surface area contributed by atoms with Gasteiger partial charge in [-0.25, -0.2) is 4.98 Å². The zero-order chi connectivity index (χ0) is 21.1. The average Bonchev–Trinajstić information content (AvgIpc) is 3.33. The van der Waals surface area contributed by atoms with E-state index in [9.17, 15) is 18.0 Å². The van der Waals surface area contributed by atoms with Gasteiger partial charge in [-0.2, -0.15) is 18.2 Å². The van der Waals surface area contributed by atoms with Crippen molar-refractivity contribution in [3.63, 3.8) is 0 Å². The Morgan fingerprint density at radius 1 is 1.27 bits per heavy atom. The Balaban J connectivity index is 1.46. The van der Waals surface area contributed by atoms with Gasteiger partial charge in [0.05, 0.1) is 5.52 Å². The van der Waals surface area contributed by atoms with E-state index in [1.807, 2.05) is 0 Å². The van der Waals surface area contributed by atoms with E-state index in [1.165, 1.54) is 0 Å². The lowest BCUT2D eigenvalue weighted by molar-refractivity contribution is -0.137. The smallest absolute Gasteiger partial charge is 0.369 e. The number of hydrogen-bond donors (Lipinski definition) is 3. The van der Waals surface area contributed by atoms with Crippen molar-refractivity contribution in [1.29, 1.82) is 0 Å². The van der Waals surface area contributed by atoms with Gasteiger partial charge in [0.15, 0.2) is 0 Å². The molecule has 1 amide bonds. The summed E-state index contributed by atoms with van der Waals surface area (Å²) < 4.78 is 40.0. The molecule has 30 heavy (non-hydrogen) atoms. The minimum Gasteiger partial charge on any atom is -0.369 e. The van der Waals surface area contributed by atoms with E-state index in [1.54, 1.807) is 23.1 Å². The number of anilines is 3. The first-order valence-electron chi connectivity index (χ1n) is 9.44. The molecule has 2 aromatic heterocycles. The summed E-state index contributed by atoms with van der Waals surface area (Å²) in [6, 6.07) is 5.13. The quantitative estimate of drug-likeness (QED) is 0.504. The average molecular weight is 420 g/mol. The van der Waals surface area contributed by atoms with Crippen LogP contribution in [0.2, 0.25) is 0 Å². The van der Waals surface area contributed by atoms with Crippen molar-refractivity contribution in [2.75, 3.05) is 30.3 Å². The van der Waals surface area contributed by atoms with Crippen LogP contribution in [0.15, 0.2) is 24.4 Å². The third kappa shape index (κ3) is 4.42. The van der Waals surface area contributed by atoms with Gasteiger partial charge in [-0.3, -0.25) is 9.89 Å². The number of hydrogen-bond acceptors (Lipinski definition) is 7. The Bertz CT molecular complexity index is 1050. The van der Waals surface area contributed by atoms with Crippen molar-refractivity contribution in [2.45, 2.75) is 25.4 Å². The molecule has 9 nitrogen and oxygen atoms in total. The zero-order valence-electron chi connectivity index (χ0n) is 15.8. The summed E-state index contributed by atoms with van der Waals surface area (Å²) in [6.07, 6.45) is -1.97. The molecule has 4 rings (SSSR count). The summed E-state index contributed by atoms with van der Waals surface area (Å²) in [5.41, 5.74) is 0.946. The lowest BCUT2D eigenvalue weighted by Gasteiger charge is -2.17. The standard InChI is InChI=1S/C18H19F3N8O/c19-18(20,21)12-10-23-17(24-11-4-5-13-14(9-11)27-28-26-13)25-16(12)22-6-2-8-29-7-1-3-15(29)30/h4-5,9-10H,1-3,6-8H2,(H,26,27,28)(H2,22,23,24,25). The topological polar surface area (TPSA) is 112 Å². The number of likely N-dealkylation sites (tertiary alicyclic amines) is 1. The fraction of sp³-hybridized carbons (Fsp3) is 0.389. The first kappa shape index (κ1) is 19.9. The van der Waals surface area contributed by atoms with Gasteiger partial charge in [-0.15, -0.1) is 5.10 Å². The van der Waals surface area contributed by atoms with E-state index in [-0.39, 0.29) is 24.2 Å². The minimum absolute atomic E-state index is 0.0167. The summed E-state index contributed by atoms with van der Waals surface area (Å²) in [5.74, 6) is -0.207. The van der Waals surface area contributed by atoms with Crippen LogP contribution in [0.5, 0.6) is 0 Å². The van der Waals surface area contributed by atoms with Crippen LogP contribution in [0.4, 0.5) is 30.6 Å². The van der Waals surface area contributed by atoms with Crippen LogP contribution in [-0.2, 0) is 11.0 Å². The summed E-state index contributed by atoms with van der Waals surface area (Å²) in [7, 11) is 0. The molecule has 3 aromatic rings. The first-order chi connectivity index (χ1) is 14.4. The Morgan fingerprint density at radius 2 is 2.13 bits per heavy atom. The number of rotatable bonds is 7. The molecule has 1 saturated heterocycles. The van der Waals surface area contributed by atoms with Crippen LogP contribution in [0.3, 0.4) is 0 Å². The van der Waals surface area contributed by atoms with Crippen molar-refractivity contribution in [3.8, 4) is 0 Å². The predicted octanol–water partition coefficient (Wildman–Crippen LogP) is 2.93. The fourth-order valence-electron chi connectivity index (χ4n) is 3.25. The number of halogens is 3. The molecular weight excluding hydrogens is 401 g/mol. The number of alkyl halides is 3. The van der Waals surface area contributed by atoms with E-state index in [0.717, 1.165) is 18.1 Å². The van der Waals surface area contributed by atoms with Gasteiger partial charge in [-0.05, 0) is 31.0 Å². The Labute approximate surface area is 169 Å². The molecule has 1 aliphatic rings. The molecule has 0 radical (unpaired) electrons. The molecule has 158 valence electrons. The second kappa shape index (κ2) is 8.13. The number of aromatic nitrogens is 5. The largest absolute Gasteiger partial charge is 0.421 e. The van der Waals surface area contributed by atoms with Crippen LogP contribution in [0.25, 0.3) is 11.0 Å². The molecule has 3 N–H and O–H groups in total. The maximum Gasteiger partial charge on any atom is 0.421 e. The second-order valence-corrected chi connectivity index (χ2v) is 6.89. The molecule has 1 fully saturated rings. The molecule has 0 saturated carbocycles. The van der Waals surface area contributed by atoms with Crippen LogP contribution >= 0.6 is 0 Å². The van der Waals surface area contributed by atoms with Crippen molar-refractivity contribution in [3.05, 3.63) is 30.0 Å². The van der Waals surface area contributed by atoms with Gasteiger partial charge in [0.2, 0.25) is 11.9 Å². The highest BCUT2D eigenvalue weighted by Gasteiger charge is 2.35.